The third-order valence-corrected chi connectivity index (χ3v) is 15.1. The maximum Gasteiger partial charge on any atom is 0.145 e. The number of nitrogens with zero attached hydrogens (tertiary/aromatic N) is 2. The van der Waals surface area contributed by atoms with Crippen molar-refractivity contribution in [2.75, 3.05) is 0 Å². The van der Waals surface area contributed by atoms with Gasteiger partial charge in [0, 0.05) is 11.3 Å². The van der Waals surface area contributed by atoms with Crippen LogP contribution in [0.3, 0.4) is 0 Å². The Morgan fingerprint density at radius 2 is 0.532 bits per heavy atom. The Hall–Kier alpha value is -10.2. The molecule has 1 aromatic heterocycles. The van der Waals surface area contributed by atoms with Crippen LogP contribution in [0.2, 0.25) is 0 Å². The van der Waals surface area contributed by atoms with Gasteiger partial charge < -0.3 is 0 Å². The summed E-state index contributed by atoms with van der Waals surface area (Å²) in [6.45, 7) is 0. The molecule has 77 heavy (non-hydrogen) atoms. The lowest BCUT2D eigenvalue weighted by molar-refractivity contribution is 1.10. The number of rotatable bonds is 10. The Morgan fingerprint density at radius 1 is 0.208 bits per heavy atom. The van der Waals surface area contributed by atoms with E-state index in [1.165, 1.54) is 88.3 Å². The van der Waals surface area contributed by atoms with E-state index in [0.29, 0.717) is 0 Å². The lowest BCUT2D eigenvalue weighted by Gasteiger charge is -2.21. The Kier molecular flexibility index (Phi) is 11.6. The number of fused-ring (bicyclic) bond motifs is 3. The van der Waals surface area contributed by atoms with Gasteiger partial charge >= 0.3 is 0 Å². The Bertz CT molecular complexity index is 4320. The van der Waals surface area contributed by atoms with Gasteiger partial charge in [-0.3, -0.25) is 4.57 Å². The first-order chi connectivity index (χ1) is 38.2. The van der Waals surface area contributed by atoms with E-state index in [2.05, 4.69) is 308 Å². The van der Waals surface area contributed by atoms with Crippen LogP contribution in [0.25, 0.3) is 139 Å². The molecule has 0 atom stereocenters. The molecular formula is C75H50N2. The number of para-hydroxylation sites is 1. The summed E-state index contributed by atoms with van der Waals surface area (Å²) in [4.78, 5) is 5.27. The van der Waals surface area contributed by atoms with Crippen LogP contribution >= 0.6 is 0 Å². The van der Waals surface area contributed by atoms with Crippen molar-refractivity contribution in [2.45, 2.75) is 0 Å². The normalized spacial score (nSPS) is 11.4. The van der Waals surface area contributed by atoms with Crippen LogP contribution in [-0.4, -0.2) is 9.55 Å². The average Bonchev–Trinajstić information content (AvgIpc) is 3.98. The van der Waals surface area contributed by atoms with Gasteiger partial charge in [-0.15, -0.1) is 0 Å². The summed E-state index contributed by atoms with van der Waals surface area (Å²) < 4.78 is 2.27. The van der Waals surface area contributed by atoms with Crippen molar-refractivity contribution in [3.63, 3.8) is 0 Å². The highest BCUT2D eigenvalue weighted by Gasteiger charge is 2.21. The van der Waals surface area contributed by atoms with Crippen molar-refractivity contribution < 1.29 is 0 Å². The fourth-order valence-corrected chi connectivity index (χ4v) is 11.4. The molecule has 0 fully saturated rings. The molecule has 0 N–H and O–H groups in total. The smallest absolute Gasteiger partial charge is 0.145 e. The first-order valence-corrected chi connectivity index (χ1v) is 26.4. The van der Waals surface area contributed by atoms with Crippen LogP contribution in [0.15, 0.2) is 303 Å². The number of aromatic nitrogens is 2. The highest BCUT2D eigenvalue weighted by atomic mass is 15.1. The molecule has 0 radical (unpaired) electrons. The lowest BCUT2D eigenvalue weighted by atomic mass is 9.82. The van der Waals surface area contributed by atoms with Crippen molar-refractivity contribution in [3.05, 3.63) is 303 Å². The largest absolute Gasteiger partial charge is 0.292 e. The standard InChI is InChI=1S/C75H50N2/c1-7-21-51(22-8-1)60-43-61(52-23-9-2-10-24-52)46-64(45-60)73-67-33-19-20-34-68(67)74(65-47-62(53-25-11-3-12-26-53)44-63(48-65)54-27-13-4-14-28-54)70-49-58(39-41-69(70)73)55-35-37-56(38-36-55)59-40-42-72-71(50-59)76-75(57-29-15-5-16-30-57)77(72)66-31-17-6-18-32-66/h1-50H. The predicted molar refractivity (Wildman–Crippen MR) is 325 cm³/mol. The predicted octanol–water partition coefficient (Wildman–Crippen LogP) is 20.3. The van der Waals surface area contributed by atoms with Crippen molar-refractivity contribution >= 4 is 32.6 Å². The summed E-state index contributed by atoms with van der Waals surface area (Å²) in [6.07, 6.45) is 0. The molecular weight excluding hydrogens is 929 g/mol. The number of benzene rings is 13. The van der Waals surface area contributed by atoms with Crippen molar-refractivity contribution in [1.82, 2.24) is 9.55 Å². The highest BCUT2D eigenvalue weighted by molar-refractivity contribution is 6.22. The molecule has 0 saturated carbocycles. The van der Waals surface area contributed by atoms with E-state index >= 15 is 0 Å². The van der Waals surface area contributed by atoms with E-state index in [1.807, 2.05) is 0 Å². The van der Waals surface area contributed by atoms with Crippen LogP contribution in [0, 0.1) is 0 Å². The number of imidazole rings is 1. The highest BCUT2D eigenvalue weighted by Crippen LogP contribution is 2.48. The quantitative estimate of drug-likeness (QED) is 0.125. The second-order valence-corrected chi connectivity index (χ2v) is 19.9. The van der Waals surface area contributed by atoms with Gasteiger partial charge in [-0.05, 0) is 177 Å². The van der Waals surface area contributed by atoms with Crippen LogP contribution in [0.1, 0.15) is 0 Å². The lowest BCUT2D eigenvalue weighted by Crippen LogP contribution is -1.97. The molecule has 0 amide bonds. The minimum absolute atomic E-state index is 0.925. The topological polar surface area (TPSA) is 17.8 Å². The van der Waals surface area contributed by atoms with E-state index in [4.69, 9.17) is 4.98 Å². The molecule has 0 spiro atoms. The third kappa shape index (κ3) is 8.58. The zero-order valence-electron chi connectivity index (χ0n) is 42.3. The molecule has 0 aliphatic carbocycles. The van der Waals surface area contributed by atoms with E-state index in [-0.39, 0.29) is 0 Å². The van der Waals surface area contributed by atoms with Gasteiger partial charge in [0.25, 0.3) is 0 Å². The molecule has 14 rings (SSSR count). The fourth-order valence-electron chi connectivity index (χ4n) is 11.4. The summed E-state index contributed by atoms with van der Waals surface area (Å²) >= 11 is 0. The Morgan fingerprint density at radius 3 is 0.987 bits per heavy atom. The van der Waals surface area contributed by atoms with E-state index in [9.17, 15) is 0 Å². The van der Waals surface area contributed by atoms with E-state index in [1.54, 1.807) is 0 Å². The molecule has 0 aliphatic heterocycles. The van der Waals surface area contributed by atoms with E-state index < -0.39 is 0 Å². The van der Waals surface area contributed by atoms with Crippen molar-refractivity contribution in [3.8, 4) is 106 Å². The first kappa shape index (κ1) is 45.5. The van der Waals surface area contributed by atoms with Crippen LogP contribution < -0.4 is 0 Å². The van der Waals surface area contributed by atoms with Crippen LogP contribution in [-0.2, 0) is 0 Å². The summed E-state index contributed by atoms with van der Waals surface area (Å²) in [5, 5.41) is 4.82. The van der Waals surface area contributed by atoms with Gasteiger partial charge in [0.1, 0.15) is 5.82 Å². The summed E-state index contributed by atoms with van der Waals surface area (Å²) in [5.74, 6) is 0.925. The zero-order chi connectivity index (χ0) is 51.1. The van der Waals surface area contributed by atoms with Crippen LogP contribution in [0.4, 0.5) is 0 Å². The molecule has 14 aromatic rings. The summed E-state index contributed by atoms with van der Waals surface area (Å²) in [6, 6.07) is 110. The van der Waals surface area contributed by atoms with Crippen molar-refractivity contribution in [1.29, 1.82) is 0 Å². The maximum atomic E-state index is 5.27. The Balaban J connectivity index is 0.968. The van der Waals surface area contributed by atoms with Gasteiger partial charge in [-0.25, -0.2) is 4.98 Å². The Labute approximate surface area is 449 Å². The second kappa shape index (κ2) is 19.6. The minimum atomic E-state index is 0.925. The van der Waals surface area contributed by atoms with Crippen LogP contribution in [0.5, 0.6) is 0 Å². The molecule has 2 nitrogen and oxygen atoms in total. The molecule has 0 bridgehead atoms. The molecule has 2 heteroatoms. The molecule has 13 aromatic carbocycles. The summed E-state index contributed by atoms with van der Waals surface area (Å²) in [7, 11) is 0. The maximum absolute atomic E-state index is 5.27. The van der Waals surface area contributed by atoms with Gasteiger partial charge in [-0.1, -0.05) is 237 Å². The van der Waals surface area contributed by atoms with Gasteiger partial charge in [0.05, 0.1) is 11.0 Å². The first-order valence-electron chi connectivity index (χ1n) is 26.4. The molecule has 0 saturated heterocycles. The molecule has 1 heterocycles. The average molecular weight is 979 g/mol. The van der Waals surface area contributed by atoms with Gasteiger partial charge in [0.15, 0.2) is 0 Å². The molecule has 0 unspecified atom stereocenters. The molecule has 360 valence electrons. The monoisotopic (exact) mass is 978 g/mol. The fraction of sp³-hybridized carbons (Fsp3) is 0. The third-order valence-electron chi connectivity index (χ3n) is 15.1. The van der Waals surface area contributed by atoms with Crippen molar-refractivity contribution in [2.24, 2.45) is 0 Å². The number of hydrogen-bond donors (Lipinski definition) is 0. The molecule has 0 aliphatic rings. The van der Waals surface area contributed by atoms with E-state index in [0.717, 1.165) is 50.4 Å². The summed E-state index contributed by atoms with van der Waals surface area (Å²) in [5.41, 5.74) is 23.0. The van der Waals surface area contributed by atoms with Gasteiger partial charge in [0.2, 0.25) is 0 Å². The SMILES string of the molecule is c1ccc(-c2cc(-c3ccccc3)cc(-c3c4ccccc4c(-c4cc(-c5ccccc5)cc(-c5ccccc5)c4)c4cc(-c5ccc(-c6ccc7c(c6)nc(-c6ccccc6)n7-c6ccccc6)cc5)ccc34)c2)cc1. The minimum Gasteiger partial charge on any atom is -0.292 e. The second-order valence-electron chi connectivity index (χ2n) is 19.9. The van der Waals surface area contributed by atoms with Gasteiger partial charge in [-0.2, -0.15) is 0 Å². The number of hydrogen-bond acceptors (Lipinski definition) is 1. The zero-order valence-corrected chi connectivity index (χ0v) is 42.3.